The molecule has 0 saturated carbocycles. The zero-order chi connectivity index (χ0) is 13.8. The van der Waals surface area contributed by atoms with E-state index in [-0.39, 0.29) is 0 Å². The molecule has 1 aliphatic rings. The Balaban J connectivity index is 1.79. The summed E-state index contributed by atoms with van der Waals surface area (Å²) in [5.41, 5.74) is 2.73. The minimum Gasteiger partial charge on any atom is -0.493 e. The Morgan fingerprint density at radius 1 is 1.35 bits per heavy atom. The van der Waals surface area contributed by atoms with E-state index in [1.807, 2.05) is 6.07 Å². The molecule has 0 bridgehead atoms. The van der Waals surface area contributed by atoms with E-state index in [0.717, 1.165) is 31.7 Å². The van der Waals surface area contributed by atoms with Crippen molar-refractivity contribution in [1.82, 2.24) is 5.32 Å². The normalized spacial score (nSPS) is 19.1. The largest absolute Gasteiger partial charge is 0.493 e. The molecule has 3 heteroatoms. The maximum Gasteiger partial charge on any atom is 0.122 e. The molecule has 1 aromatic carbocycles. The molecule has 1 aliphatic heterocycles. The fourth-order valence-corrected chi connectivity index (χ4v) is 3.57. The molecule has 1 aromatic heterocycles. The summed E-state index contributed by atoms with van der Waals surface area (Å²) in [6, 6.07) is 11.0. The van der Waals surface area contributed by atoms with Crippen LogP contribution >= 0.6 is 11.3 Å². The van der Waals surface area contributed by atoms with Crippen molar-refractivity contribution in [3.63, 3.8) is 0 Å². The van der Waals surface area contributed by atoms with Crippen molar-refractivity contribution >= 4 is 11.3 Å². The zero-order valence-corrected chi connectivity index (χ0v) is 12.7. The Labute approximate surface area is 124 Å². The van der Waals surface area contributed by atoms with Crippen molar-refractivity contribution in [2.75, 3.05) is 13.2 Å². The molecular formula is C17H21NOS. The summed E-state index contributed by atoms with van der Waals surface area (Å²) in [5, 5.41) is 8.12. The third-order valence-corrected chi connectivity index (χ3v) is 4.60. The van der Waals surface area contributed by atoms with Crippen LogP contribution in [0.4, 0.5) is 0 Å². The van der Waals surface area contributed by atoms with Gasteiger partial charge in [0.1, 0.15) is 5.75 Å². The van der Waals surface area contributed by atoms with E-state index in [2.05, 4.69) is 47.3 Å². The minimum absolute atomic E-state index is 0.398. The van der Waals surface area contributed by atoms with Crippen LogP contribution < -0.4 is 10.1 Å². The number of ether oxygens (including phenoxy) is 1. The lowest BCUT2D eigenvalue weighted by Gasteiger charge is -2.32. The predicted octanol–water partition coefficient (Wildman–Crippen LogP) is 4.04. The quantitative estimate of drug-likeness (QED) is 0.896. The van der Waals surface area contributed by atoms with Gasteiger partial charge < -0.3 is 10.1 Å². The highest BCUT2D eigenvalue weighted by atomic mass is 32.1. The molecule has 20 heavy (non-hydrogen) atoms. The van der Waals surface area contributed by atoms with E-state index in [1.54, 1.807) is 11.3 Å². The van der Waals surface area contributed by atoms with Gasteiger partial charge in [-0.05, 0) is 53.4 Å². The molecule has 1 N–H and O–H groups in total. The zero-order valence-electron chi connectivity index (χ0n) is 11.8. The number of hydrogen-bond acceptors (Lipinski definition) is 3. The van der Waals surface area contributed by atoms with Crippen molar-refractivity contribution < 1.29 is 4.74 Å². The predicted molar refractivity (Wildman–Crippen MR) is 84.5 cm³/mol. The number of rotatable bonds is 5. The Bertz CT molecular complexity index is 538. The first-order chi connectivity index (χ1) is 9.88. The van der Waals surface area contributed by atoms with Gasteiger partial charge in [0, 0.05) is 12.0 Å². The number of para-hydroxylation sites is 1. The van der Waals surface area contributed by atoms with Gasteiger partial charge in [-0.2, -0.15) is 11.3 Å². The summed E-state index contributed by atoms with van der Waals surface area (Å²) in [4.78, 5) is 0. The first-order valence-electron chi connectivity index (χ1n) is 7.34. The van der Waals surface area contributed by atoms with E-state index >= 15 is 0 Å². The molecule has 2 nitrogen and oxygen atoms in total. The summed E-state index contributed by atoms with van der Waals surface area (Å²) in [7, 11) is 0. The first-order valence-corrected chi connectivity index (χ1v) is 8.29. The standard InChI is InChI=1S/C17H21NOS/c1-2-8-18-17(14-7-9-20-12-14)15-10-13-5-3-4-6-16(13)19-11-15/h3-7,9,12,15,17-18H,2,8,10-11H2,1H3. The van der Waals surface area contributed by atoms with Crippen LogP contribution in [0, 0.1) is 5.92 Å². The fourth-order valence-electron chi connectivity index (χ4n) is 2.87. The number of nitrogens with one attached hydrogen (secondary N) is 1. The monoisotopic (exact) mass is 287 g/mol. The van der Waals surface area contributed by atoms with Crippen LogP contribution in [-0.2, 0) is 6.42 Å². The van der Waals surface area contributed by atoms with Crippen LogP contribution in [0.1, 0.15) is 30.5 Å². The summed E-state index contributed by atoms with van der Waals surface area (Å²) in [6.07, 6.45) is 2.25. The molecule has 2 atom stereocenters. The highest BCUT2D eigenvalue weighted by molar-refractivity contribution is 7.07. The van der Waals surface area contributed by atoms with Crippen LogP contribution in [0.3, 0.4) is 0 Å². The van der Waals surface area contributed by atoms with Crippen molar-refractivity contribution in [3.05, 3.63) is 52.2 Å². The minimum atomic E-state index is 0.398. The number of benzene rings is 1. The lowest BCUT2D eigenvalue weighted by Crippen LogP contribution is -2.35. The second kappa shape index (κ2) is 6.42. The van der Waals surface area contributed by atoms with Gasteiger partial charge in [-0.1, -0.05) is 25.1 Å². The molecule has 2 heterocycles. The topological polar surface area (TPSA) is 21.3 Å². The molecule has 2 unspecified atom stereocenters. The van der Waals surface area contributed by atoms with Crippen molar-refractivity contribution in [3.8, 4) is 5.75 Å². The van der Waals surface area contributed by atoms with Crippen LogP contribution in [0.25, 0.3) is 0 Å². The van der Waals surface area contributed by atoms with Crippen LogP contribution in [-0.4, -0.2) is 13.2 Å². The van der Waals surface area contributed by atoms with Crippen LogP contribution in [0.2, 0.25) is 0 Å². The third kappa shape index (κ3) is 2.89. The Hall–Kier alpha value is -1.32. The summed E-state index contributed by atoms with van der Waals surface area (Å²) in [6.45, 7) is 4.07. The number of thiophene rings is 1. The van der Waals surface area contributed by atoms with Gasteiger partial charge in [0.2, 0.25) is 0 Å². The van der Waals surface area contributed by atoms with Gasteiger partial charge in [-0.3, -0.25) is 0 Å². The summed E-state index contributed by atoms with van der Waals surface area (Å²) < 4.78 is 5.96. The van der Waals surface area contributed by atoms with Gasteiger partial charge in [-0.15, -0.1) is 0 Å². The van der Waals surface area contributed by atoms with Gasteiger partial charge in [-0.25, -0.2) is 0 Å². The SMILES string of the molecule is CCCNC(c1ccsc1)C1COc2ccccc2C1. The van der Waals surface area contributed by atoms with E-state index in [9.17, 15) is 0 Å². The van der Waals surface area contributed by atoms with E-state index < -0.39 is 0 Å². The molecule has 106 valence electrons. The van der Waals surface area contributed by atoms with Crippen molar-refractivity contribution in [1.29, 1.82) is 0 Å². The molecule has 0 fully saturated rings. The highest BCUT2D eigenvalue weighted by Crippen LogP contribution is 2.34. The highest BCUT2D eigenvalue weighted by Gasteiger charge is 2.28. The maximum atomic E-state index is 5.96. The molecule has 0 spiro atoms. The smallest absolute Gasteiger partial charge is 0.122 e. The maximum absolute atomic E-state index is 5.96. The summed E-state index contributed by atoms with van der Waals surface area (Å²) >= 11 is 1.77. The van der Waals surface area contributed by atoms with Crippen LogP contribution in [0.15, 0.2) is 41.1 Å². The molecule has 3 rings (SSSR count). The van der Waals surface area contributed by atoms with Gasteiger partial charge >= 0.3 is 0 Å². The average molecular weight is 287 g/mol. The number of fused-ring (bicyclic) bond motifs is 1. The molecule has 0 amide bonds. The lowest BCUT2D eigenvalue weighted by atomic mass is 9.87. The third-order valence-electron chi connectivity index (χ3n) is 3.90. The average Bonchev–Trinajstić information content (AvgIpc) is 3.02. The Morgan fingerprint density at radius 2 is 2.25 bits per heavy atom. The van der Waals surface area contributed by atoms with E-state index in [1.165, 1.54) is 11.1 Å². The Morgan fingerprint density at radius 3 is 3.05 bits per heavy atom. The van der Waals surface area contributed by atoms with Crippen molar-refractivity contribution in [2.45, 2.75) is 25.8 Å². The molecule has 0 aliphatic carbocycles. The first kappa shape index (κ1) is 13.7. The Kier molecular flexibility index (Phi) is 4.38. The van der Waals surface area contributed by atoms with E-state index in [4.69, 9.17) is 4.74 Å². The molecule has 0 radical (unpaired) electrons. The van der Waals surface area contributed by atoms with Crippen molar-refractivity contribution in [2.24, 2.45) is 5.92 Å². The lowest BCUT2D eigenvalue weighted by molar-refractivity contribution is 0.184. The fraction of sp³-hybridized carbons (Fsp3) is 0.412. The second-order valence-corrected chi connectivity index (χ2v) is 6.15. The van der Waals surface area contributed by atoms with Gasteiger partial charge in [0.25, 0.3) is 0 Å². The van der Waals surface area contributed by atoms with Gasteiger partial charge in [0.05, 0.1) is 6.61 Å². The van der Waals surface area contributed by atoms with Gasteiger partial charge in [0.15, 0.2) is 0 Å². The number of hydrogen-bond donors (Lipinski definition) is 1. The molecule has 0 saturated heterocycles. The second-order valence-electron chi connectivity index (χ2n) is 5.37. The van der Waals surface area contributed by atoms with Crippen LogP contribution in [0.5, 0.6) is 5.75 Å². The molecule has 2 aromatic rings. The summed E-state index contributed by atoms with van der Waals surface area (Å²) in [5.74, 6) is 1.56. The van der Waals surface area contributed by atoms with E-state index in [0.29, 0.717) is 12.0 Å². The molecular weight excluding hydrogens is 266 g/mol.